The molecule has 0 saturated carbocycles. The monoisotopic (exact) mass is 376 g/mol. The van der Waals surface area contributed by atoms with Gasteiger partial charge in [0.25, 0.3) is 0 Å². The van der Waals surface area contributed by atoms with E-state index < -0.39 is 12.0 Å². The molecule has 0 aliphatic carbocycles. The predicted molar refractivity (Wildman–Crippen MR) is 101 cm³/mol. The SMILES string of the molecule is COc1ccc(CC(CCC(=O)O)NC(=O)Nc2ccc(Cl)cc2)cc1. The number of hydrogen-bond acceptors (Lipinski definition) is 3. The summed E-state index contributed by atoms with van der Waals surface area (Å²) in [5, 5.41) is 15.1. The van der Waals surface area contributed by atoms with E-state index in [4.69, 9.17) is 21.4 Å². The molecule has 0 aromatic heterocycles. The Labute approximate surface area is 157 Å². The standard InChI is InChI=1S/C19H21ClN2O4/c1-26-17-9-2-13(3-10-17)12-16(8-11-18(23)24)22-19(25)21-15-6-4-14(20)5-7-15/h2-7,9-10,16H,8,11-12H2,1H3,(H,23,24)(H2,21,22,25). The van der Waals surface area contributed by atoms with Gasteiger partial charge >= 0.3 is 12.0 Å². The van der Waals surface area contributed by atoms with Crippen LogP contribution >= 0.6 is 11.6 Å². The molecule has 2 aromatic rings. The fourth-order valence-corrected chi connectivity index (χ4v) is 2.58. The first-order chi connectivity index (χ1) is 12.5. The molecule has 0 fully saturated rings. The lowest BCUT2D eigenvalue weighted by Gasteiger charge is -2.19. The van der Waals surface area contributed by atoms with Crippen molar-refractivity contribution in [3.05, 3.63) is 59.1 Å². The molecule has 138 valence electrons. The Morgan fingerprint density at radius 3 is 2.35 bits per heavy atom. The van der Waals surface area contributed by atoms with Crippen LogP contribution < -0.4 is 15.4 Å². The van der Waals surface area contributed by atoms with Gasteiger partial charge in [0.1, 0.15) is 5.75 Å². The summed E-state index contributed by atoms with van der Waals surface area (Å²) in [5.41, 5.74) is 1.58. The van der Waals surface area contributed by atoms with Gasteiger partial charge in [0.05, 0.1) is 7.11 Å². The smallest absolute Gasteiger partial charge is 0.319 e. The Morgan fingerprint density at radius 2 is 1.77 bits per heavy atom. The van der Waals surface area contributed by atoms with Gasteiger partial charge in [-0.2, -0.15) is 0 Å². The van der Waals surface area contributed by atoms with Crippen LogP contribution in [0.25, 0.3) is 0 Å². The maximum absolute atomic E-state index is 12.2. The van der Waals surface area contributed by atoms with Crippen molar-refractivity contribution in [1.29, 1.82) is 0 Å². The normalized spacial score (nSPS) is 11.5. The lowest BCUT2D eigenvalue weighted by atomic mass is 10.0. The van der Waals surface area contributed by atoms with Gasteiger partial charge in [0, 0.05) is 23.2 Å². The minimum Gasteiger partial charge on any atom is -0.497 e. The van der Waals surface area contributed by atoms with E-state index in [1.54, 1.807) is 31.4 Å². The minimum absolute atomic E-state index is 0.0257. The van der Waals surface area contributed by atoms with Crippen molar-refractivity contribution in [2.24, 2.45) is 0 Å². The van der Waals surface area contributed by atoms with Crippen molar-refractivity contribution in [1.82, 2.24) is 5.32 Å². The molecule has 2 amide bonds. The molecule has 0 saturated heterocycles. The number of urea groups is 1. The second kappa shape index (κ2) is 9.68. The zero-order valence-corrected chi connectivity index (χ0v) is 15.1. The van der Waals surface area contributed by atoms with Crippen molar-refractivity contribution in [2.45, 2.75) is 25.3 Å². The second-order valence-corrected chi connectivity index (χ2v) is 6.22. The summed E-state index contributed by atoms with van der Waals surface area (Å²) in [6.45, 7) is 0. The number of methoxy groups -OCH3 is 1. The quantitative estimate of drug-likeness (QED) is 0.651. The number of carboxylic acid groups (broad SMARTS) is 1. The largest absolute Gasteiger partial charge is 0.497 e. The molecule has 2 rings (SSSR count). The first-order valence-corrected chi connectivity index (χ1v) is 8.52. The summed E-state index contributed by atoms with van der Waals surface area (Å²) >= 11 is 5.82. The van der Waals surface area contributed by atoms with Gasteiger partial charge in [0.2, 0.25) is 0 Å². The topological polar surface area (TPSA) is 87.7 Å². The first-order valence-electron chi connectivity index (χ1n) is 8.14. The fourth-order valence-electron chi connectivity index (χ4n) is 2.45. The number of benzene rings is 2. The van der Waals surface area contributed by atoms with Crippen molar-refractivity contribution in [3.63, 3.8) is 0 Å². The van der Waals surface area contributed by atoms with Crippen LogP contribution in [-0.4, -0.2) is 30.3 Å². The van der Waals surface area contributed by atoms with Crippen LogP contribution in [0, 0.1) is 0 Å². The number of rotatable bonds is 8. The Kier molecular flexibility index (Phi) is 7.29. The molecular formula is C19H21ClN2O4. The van der Waals surface area contributed by atoms with Crippen molar-refractivity contribution >= 4 is 29.3 Å². The van der Waals surface area contributed by atoms with Gasteiger partial charge in [-0.1, -0.05) is 23.7 Å². The number of carbonyl (C=O) groups is 2. The zero-order chi connectivity index (χ0) is 18.9. The van der Waals surface area contributed by atoms with Crippen LogP contribution in [0.4, 0.5) is 10.5 Å². The van der Waals surface area contributed by atoms with Crippen molar-refractivity contribution in [3.8, 4) is 5.75 Å². The summed E-state index contributed by atoms with van der Waals surface area (Å²) < 4.78 is 5.13. The van der Waals surface area contributed by atoms with Crippen LogP contribution in [0.1, 0.15) is 18.4 Å². The Bertz CT molecular complexity index is 732. The van der Waals surface area contributed by atoms with E-state index in [0.29, 0.717) is 23.6 Å². The molecule has 2 aromatic carbocycles. The molecule has 0 bridgehead atoms. The Morgan fingerprint density at radius 1 is 1.12 bits per heavy atom. The van der Waals surface area contributed by atoms with Crippen LogP contribution in [0.2, 0.25) is 5.02 Å². The van der Waals surface area contributed by atoms with Gasteiger partial charge in [-0.25, -0.2) is 4.79 Å². The van der Waals surface area contributed by atoms with Crippen LogP contribution in [-0.2, 0) is 11.2 Å². The van der Waals surface area contributed by atoms with E-state index in [-0.39, 0.29) is 12.5 Å². The summed E-state index contributed by atoms with van der Waals surface area (Å²) in [5.74, 6) is -0.158. The summed E-state index contributed by atoms with van der Waals surface area (Å²) in [4.78, 5) is 23.1. The Hall–Kier alpha value is -2.73. The molecule has 0 heterocycles. The summed E-state index contributed by atoms with van der Waals surface area (Å²) in [6, 6.07) is 13.5. The van der Waals surface area contributed by atoms with Crippen LogP contribution in [0.5, 0.6) is 5.75 Å². The number of anilines is 1. The molecule has 0 aliphatic heterocycles. The molecule has 0 spiro atoms. The van der Waals surface area contributed by atoms with Gasteiger partial charge in [0.15, 0.2) is 0 Å². The highest BCUT2D eigenvalue weighted by molar-refractivity contribution is 6.30. The third kappa shape index (κ3) is 6.64. The number of carboxylic acids is 1. The first kappa shape index (κ1) is 19.6. The van der Waals surface area contributed by atoms with Crippen LogP contribution in [0.15, 0.2) is 48.5 Å². The van der Waals surface area contributed by atoms with E-state index in [9.17, 15) is 9.59 Å². The molecular weight excluding hydrogens is 356 g/mol. The number of amides is 2. The molecule has 0 aliphatic rings. The number of halogens is 1. The lowest BCUT2D eigenvalue weighted by Crippen LogP contribution is -2.39. The predicted octanol–water partition coefficient (Wildman–Crippen LogP) is 3.95. The van der Waals surface area contributed by atoms with Gasteiger partial charge in [-0.05, 0) is 54.8 Å². The molecule has 3 N–H and O–H groups in total. The number of ether oxygens (including phenoxy) is 1. The molecule has 26 heavy (non-hydrogen) atoms. The maximum Gasteiger partial charge on any atom is 0.319 e. The summed E-state index contributed by atoms with van der Waals surface area (Å²) in [7, 11) is 1.59. The second-order valence-electron chi connectivity index (χ2n) is 5.79. The lowest BCUT2D eigenvalue weighted by molar-refractivity contribution is -0.137. The van der Waals surface area contributed by atoms with Crippen molar-refractivity contribution in [2.75, 3.05) is 12.4 Å². The van der Waals surface area contributed by atoms with Crippen molar-refractivity contribution < 1.29 is 19.4 Å². The Balaban J connectivity index is 1.99. The van der Waals surface area contributed by atoms with E-state index in [1.165, 1.54) is 0 Å². The number of aliphatic carboxylic acids is 1. The molecule has 6 nitrogen and oxygen atoms in total. The fraction of sp³-hybridized carbons (Fsp3) is 0.263. The van der Waals surface area contributed by atoms with E-state index in [1.807, 2.05) is 24.3 Å². The van der Waals surface area contributed by atoms with Gasteiger partial charge < -0.3 is 20.5 Å². The number of hydrogen-bond donors (Lipinski definition) is 3. The minimum atomic E-state index is -0.898. The highest BCUT2D eigenvalue weighted by atomic mass is 35.5. The van der Waals surface area contributed by atoms with E-state index >= 15 is 0 Å². The molecule has 1 unspecified atom stereocenters. The average molecular weight is 377 g/mol. The number of carbonyl (C=O) groups excluding carboxylic acids is 1. The number of nitrogens with one attached hydrogen (secondary N) is 2. The third-order valence-electron chi connectivity index (χ3n) is 3.79. The highest BCUT2D eigenvalue weighted by Gasteiger charge is 2.15. The van der Waals surface area contributed by atoms with Gasteiger partial charge in [-0.15, -0.1) is 0 Å². The maximum atomic E-state index is 12.2. The molecule has 7 heteroatoms. The third-order valence-corrected chi connectivity index (χ3v) is 4.04. The van der Waals surface area contributed by atoms with Gasteiger partial charge in [-0.3, -0.25) is 4.79 Å². The zero-order valence-electron chi connectivity index (χ0n) is 14.4. The molecule has 1 atom stereocenters. The van der Waals surface area contributed by atoms with E-state index in [2.05, 4.69) is 10.6 Å². The highest BCUT2D eigenvalue weighted by Crippen LogP contribution is 2.15. The summed E-state index contributed by atoms with van der Waals surface area (Å²) in [6.07, 6.45) is 0.822. The van der Waals surface area contributed by atoms with Crippen LogP contribution in [0.3, 0.4) is 0 Å². The average Bonchev–Trinajstić information content (AvgIpc) is 2.62. The van der Waals surface area contributed by atoms with E-state index in [0.717, 1.165) is 11.3 Å². The molecule has 0 radical (unpaired) electrons.